The van der Waals surface area contributed by atoms with Crippen LogP contribution in [0.5, 0.6) is 0 Å². The molecule has 0 radical (unpaired) electrons. The smallest absolute Gasteiger partial charge is 0.237 e. The minimum absolute atomic E-state index is 0.124. The normalized spacial score (nSPS) is 19.7. The van der Waals surface area contributed by atoms with Crippen molar-refractivity contribution in [2.75, 3.05) is 13.6 Å². The summed E-state index contributed by atoms with van der Waals surface area (Å²) in [5, 5.41) is 5.74. The van der Waals surface area contributed by atoms with Crippen LogP contribution in [-0.4, -0.2) is 30.6 Å². The van der Waals surface area contributed by atoms with Gasteiger partial charge in [0.25, 0.3) is 0 Å². The van der Waals surface area contributed by atoms with E-state index < -0.39 is 0 Å². The van der Waals surface area contributed by atoms with Crippen LogP contribution in [0.15, 0.2) is 42.5 Å². The molecule has 1 heterocycles. The van der Waals surface area contributed by atoms with E-state index in [2.05, 4.69) is 41.7 Å². The fourth-order valence-electron chi connectivity index (χ4n) is 2.44. The van der Waals surface area contributed by atoms with E-state index in [1.54, 1.807) is 4.90 Å². The molecule has 0 spiro atoms. The Morgan fingerprint density at radius 2 is 2.00 bits per heavy atom. The molecule has 0 aliphatic carbocycles. The van der Waals surface area contributed by atoms with Crippen LogP contribution in [0.2, 0.25) is 0 Å². The highest BCUT2D eigenvalue weighted by atomic mass is 16.2. The van der Waals surface area contributed by atoms with Crippen LogP contribution in [0.25, 0.3) is 10.8 Å². The molecule has 3 heteroatoms. The monoisotopic (exact) mass is 240 g/mol. The molecule has 0 unspecified atom stereocenters. The second kappa shape index (κ2) is 4.42. The first kappa shape index (κ1) is 11.2. The van der Waals surface area contributed by atoms with E-state index in [1.807, 2.05) is 13.1 Å². The number of benzene rings is 2. The van der Waals surface area contributed by atoms with Gasteiger partial charge in [-0.05, 0) is 16.3 Å². The molecule has 2 aromatic rings. The molecule has 2 aromatic carbocycles. The van der Waals surface area contributed by atoms with Crippen molar-refractivity contribution >= 4 is 16.7 Å². The molecule has 18 heavy (non-hydrogen) atoms. The molecule has 3 nitrogen and oxygen atoms in total. The fraction of sp³-hybridized carbons (Fsp3) is 0.267. The van der Waals surface area contributed by atoms with Crippen LogP contribution < -0.4 is 5.32 Å². The van der Waals surface area contributed by atoms with Crippen LogP contribution in [0.4, 0.5) is 0 Å². The zero-order valence-corrected chi connectivity index (χ0v) is 10.4. The molecule has 1 amide bonds. The van der Waals surface area contributed by atoms with Gasteiger partial charge in [0, 0.05) is 13.5 Å². The summed E-state index contributed by atoms with van der Waals surface area (Å²) in [5.74, 6) is 0.167. The van der Waals surface area contributed by atoms with Crippen molar-refractivity contribution < 1.29 is 4.79 Å². The van der Waals surface area contributed by atoms with Gasteiger partial charge in [-0.25, -0.2) is 0 Å². The largest absolute Gasteiger partial charge is 0.329 e. The van der Waals surface area contributed by atoms with Crippen molar-refractivity contribution in [3.8, 4) is 0 Å². The molecule has 1 fully saturated rings. The Morgan fingerprint density at radius 1 is 1.22 bits per heavy atom. The summed E-state index contributed by atoms with van der Waals surface area (Å²) < 4.78 is 0. The lowest BCUT2D eigenvalue weighted by Crippen LogP contribution is -2.35. The first-order chi connectivity index (χ1) is 8.74. The van der Waals surface area contributed by atoms with Gasteiger partial charge in [-0.1, -0.05) is 42.5 Å². The van der Waals surface area contributed by atoms with Crippen molar-refractivity contribution in [2.45, 2.75) is 12.6 Å². The number of amides is 1. The van der Waals surface area contributed by atoms with Gasteiger partial charge in [0.05, 0.1) is 12.7 Å². The van der Waals surface area contributed by atoms with E-state index in [1.165, 1.54) is 16.3 Å². The third-order valence-electron chi connectivity index (χ3n) is 3.59. The SMILES string of the molecule is CN1C(=O)CN[C@@H]1Cc1ccc2ccccc2c1. The van der Waals surface area contributed by atoms with Gasteiger partial charge in [0.1, 0.15) is 0 Å². The Hall–Kier alpha value is -1.87. The summed E-state index contributed by atoms with van der Waals surface area (Å²) in [4.78, 5) is 13.2. The van der Waals surface area contributed by atoms with Crippen LogP contribution in [-0.2, 0) is 11.2 Å². The van der Waals surface area contributed by atoms with E-state index in [-0.39, 0.29) is 12.1 Å². The number of fused-ring (bicyclic) bond motifs is 1. The van der Waals surface area contributed by atoms with E-state index in [0.29, 0.717) is 6.54 Å². The highest BCUT2D eigenvalue weighted by Gasteiger charge is 2.26. The lowest BCUT2D eigenvalue weighted by molar-refractivity contribution is -0.126. The molecule has 1 atom stereocenters. The summed E-state index contributed by atoms with van der Waals surface area (Å²) in [6.07, 6.45) is 0.978. The Morgan fingerprint density at radius 3 is 2.72 bits per heavy atom. The van der Waals surface area contributed by atoms with Gasteiger partial charge < -0.3 is 4.90 Å². The van der Waals surface area contributed by atoms with Crippen molar-refractivity contribution in [3.05, 3.63) is 48.0 Å². The average Bonchev–Trinajstić information content (AvgIpc) is 2.71. The molecule has 1 aliphatic heterocycles. The number of hydrogen-bond acceptors (Lipinski definition) is 2. The van der Waals surface area contributed by atoms with Crippen molar-refractivity contribution in [2.24, 2.45) is 0 Å². The van der Waals surface area contributed by atoms with Gasteiger partial charge >= 0.3 is 0 Å². The number of carbonyl (C=O) groups excluding carboxylic acids is 1. The van der Waals surface area contributed by atoms with Crippen LogP contribution in [0, 0.1) is 0 Å². The van der Waals surface area contributed by atoms with Crippen LogP contribution in [0.1, 0.15) is 5.56 Å². The molecule has 1 saturated heterocycles. The third kappa shape index (κ3) is 1.97. The molecule has 92 valence electrons. The predicted molar refractivity (Wildman–Crippen MR) is 72.2 cm³/mol. The van der Waals surface area contributed by atoms with Gasteiger partial charge in [0.2, 0.25) is 5.91 Å². The summed E-state index contributed by atoms with van der Waals surface area (Å²) in [6.45, 7) is 0.453. The lowest BCUT2D eigenvalue weighted by atomic mass is 10.0. The predicted octanol–water partition coefficient (Wildman–Crippen LogP) is 1.77. The molecule has 3 rings (SSSR count). The van der Waals surface area contributed by atoms with Crippen molar-refractivity contribution in [1.82, 2.24) is 10.2 Å². The van der Waals surface area contributed by atoms with Gasteiger partial charge in [-0.2, -0.15) is 0 Å². The number of likely N-dealkylation sites (N-methyl/N-ethyl adjacent to an activating group) is 1. The van der Waals surface area contributed by atoms with E-state index in [4.69, 9.17) is 0 Å². The Bertz CT molecular complexity index is 594. The lowest BCUT2D eigenvalue weighted by Gasteiger charge is -2.19. The minimum atomic E-state index is 0.124. The molecular weight excluding hydrogens is 224 g/mol. The minimum Gasteiger partial charge on any atom is -0.329 e. The molecule has 0 saturated carbocycles. The van der Waals surface area contributed by atoms with Crippen LogP contribution >= 0.6 is 0 Å². The Balaban J connectivity index is 1.85. The third-order valence-corrected chi connectivity index (χ3v) is 3.59. The van der Waals surface area contributed by atoms with E-state index in [9.17, 15) is 4.79 Å². The number of nitrogens with one attached hydrogen (secondary N) is 1. The molecule has 1 N–H and O–H groups in total. The summed E-state index contributed by atoms with van der Waals surface area (Å²) in [7, 11) is 1.86. The van der Waals surface area contributed by atoms with Crippen LogP contribution in [0.3, 0.4) is 0 Å². The maximum atomic E-state index is 11.5. The molecule has 0 bridgehead atoms. The first-order valence-corrected chi connectivity index (χ1v) is 6.21. The maximum absolute atomic E-state index is 11.5. The van der Waals surface area contributed by atoms with Gasteiger partial charge in [0.15, 0.2) is 0 Å². The van der Waals surface area contributed by atoms with Gasteiger partial charge in [-0.3, -0.25) is 10.1 Å². The van der Waals surface area contributed by atoms with Crippen molar-refractivity contribution in [3.63, 3.8) is 0 Å². The Labute approximate surface area is 106 Å². The summed E-state index contributed by atoms with van der Waals surface area (Å²) >= 11 is 0. The zero-order chi connectivity index (χ0) is 12.5. The number of hydrogen-bond donors (Lipinski definition) is 1. The molecular formula is C15H16N2O. The quantitative estimate of drug-likeness (QED) is 0.867. The fourth-order valence-corrected chi connectivity index (χ4v) is 2.44. The molecule has 0 aromatic heterocycles. The van der Waals surface area contributed by atoms with E-state index >= 15 is 0 Å². The number of nitrogens with zero attached hydrogens (tertiary/aromatic N) is 1. The first-order valence-electron chi connectivity index (χ1n) is 6.21. The highest BCUT2D eigenvalue weighted by Crippen LogP contribution is 2.18. The Kier molecular flexibility index (Phi) is 2.76. The van der Waals surface area contributed by atoms with E-state index in [0.717, 1.165) is 6.42 Å². The number of rotatable bonds is 2. The van der Waals surface area contributed by atoms with Crippen molar-refractivity contribution in [1.29, 1.82) is 0 Å². The zero-order valence-electron chi connectivity index (χ0n) is 10.4. The number of carbonyl (C=O) groups is 1. The highest BCUT2D eigenvalue weighted by molar-refractivity contribution is 5.83. The maximum Gasteiger partial charge on any atom is 0.237 e. The second-order valence-corrected chi connectivity index (χ2v) is 4.79. The summed E-state index contributed by atoms with van der Waals surface area (Å²) in [5.41, 5.74) is 1.26. The standard InChI is InChI=1S/C15H16N2O/c1-17-14(16-10-15(17)18)9-11-6-7-12-4-2-3-5-13(12)8-11/h2-8,14,16H,9-10H2,1H3/t14-/m0/s1. The topological polar surface area (TPSA) is 32.3 Å². The average molecular weight is 240 g/mol. The summed E-state index contributed by atoms with van der Waals surface area (Å²) in [6, 6.07) is 14.8. The molecule has 1 aliphatic rings. The second-order valence-electron chi connectivity index (χ2n) is 4.79. The van der Waals surface area contributed by atoms with Gasteiger partial charge in [-0.15, -0.1) is 0 Å².